The van der Waals surface area contributed by atoms with Crippen LogP contribution in [0.2, 0.25) is 0 Å². The van der Waals surface area contributed by atoms with E-state index in [4.69, 9.17) is 0 Å². The highest BCUT2D eigenvalue weighted by molar-refractivity contribution is 7.09. The van der Waals surface area contributed by atoms with Crippen LogP contribution in [-0.2, 0) is 6.42 Å². The summed E-state index contributed by atoms with van der Waals surface area (Å²) < 4.78 is 0. The molecule has 0 aliphatic rings. The zero-order valence-electron chi connectivity index (χ0n) is 13.1. The van der Waals surface area contributed by atoms with Crippen LogP contribution in [0.3, 0.4) is 0 Å². The quantitative estimate of drug-likeness (QED) is 0.745. The summed E-state index contributed by atoms with van der Waals surface area (Å²) in [5, 5.41) is 11.8. The lowest BCUT2D eigenvalue weighted by Crippen LogP contribution is -2.27. The minimum absolute atomic E-state index is 0.198. The topological polar surface area (TPSA) is 87.7 Å². The van der Waals surface area contributed by atoms with Gasteiger partial charge in [0, 0.05) is 23.6 Å². The molecule has 2 N–H and O–H groups in total. The molecule has 3 rings (SSSR count). The fourth-order valence-electron chi connectivity index (χ4n) is 2.22. The Hall–Kier alpha value is -2.80. The summed E-state index contributed by atoms with van der Waals surface area (Å²) in [6.07, 6.45) is 0.714. The predicted octanol–water partition coefficient (Wildman–Crippen LogP) is 2.17. The van der Waals surface area contributed by atoms with Crippen LogP contribution in [0, 0.1) is 6.92 Å². The largest absolute Gasteiger partial charge is 0.350 e. The van der Waals surface area contributed by atoms with Crippen molar-refractivity contribution in [2.75, 3.05) is 6.54 Å². The molecule has 0 aliphatic carbocycles. The molecule has 0 fully saturated rings. The van der Waals surface area contributed by atoms with E-state index in [1.54, 1.807) is 11.3 Å². The second-order valence-electron chi connectivity index (χ2n) is 5.26. The molecule has 122 valence electrons. The van der Waals surface area contributed by atoms with Crippen LogP contribution >= 0.6 is 11.3 Å². The van der Waals surface area contributed by atoms with Crippen LogP contribution in [0.15, 0.2) is 46.6 Å². The molecule has 1 aromatic carbocycles. The Morgan fingerprint density at radius 1 is 1.21 bits per heavy atom. The number of H-pyrrole nitrogens is 1. The number of thiazole rings is 1. The molecule has 3 aromatic rings. The van der Waals surface area contributed by atoms with E-state index in [2.05, 4.69) is 20.5 Å². The molecule has 2 heterocycles. The van der Waals surface area contributed by atoms with Crippen molar-refractivity contribution in [3.8, 4) is 11.3 Å². The number of amides is 1. The summed E-state index contributed by atoms with van der Waals surface area (Å²) in [7, 11) is 0. The van der Waals surface area contributed by atoms with Gasteiger partial charge in [0.1, 0.15) is 5.69 Å². The van der Waals surface area contributed by atoms with Gasteiger partial charge in [-0.15, -0.1) is 11.3 Å². The number of aromatic nitrogens is 3. The molecular formula is C17H16N4O2S. The first kappa shape index (κ1) is 16.1. The monoisotopic (exact) mass is 340 g/mol. The Morgan fingerprint density at radius 3 is 2.62 bits per heavy atom. The number of carbonyl (C=O) groups excluding carboxylic acids is 1. The van der Waals surface area contributed by atoms with Crippen molar-refractivity contribution in [1.29, 1.82) is 0 Å². The lowest BCUT2D eigenvalue weighted by atomic mass is 10.1. The minimum Gasteiger partial charge on any atom is -0.350 e. The van der Waals surface area contributed by atoms with Gasteiger partial charge in [-0.3, -0.25) is 9.59 Å². The number of benzene rings is 1. The van der Waals surface area contributed by atoms with Crippen molar-refractivity contribution in [1.82, 2.24) is 20.5 Å². The highest BCUT2D eigenvalue weighted by Crippen LogP contribution is 2.21. The van der Waals surface area contributed by atoms with E-state index in [0.717, 1.165) is 21.8 Å². The SMILES string of the molecule is Cc1nc(-c2ccc(CCNC(=O)c3ccc(=O)[nH]n3)cc2)cs1. The Labute approximate surface area is 142 Å². The van der Waals surface area contributed by atoms with Gasteiger partial charge in [0.05, 0.1) is 10.7 Å². The van der Waals surface area contributed by atoms with Gasteiger partial charge in [-0.25, -0.2) is 10.1 Å². The molecule has 2 aromatic heterocycles. The van der Waals surface area contributed by atoms with Crippen molar-refractivity contribution in [2.45, 2.75) is 13.3 Å². The first-order chi connectivity index (χ1) is 11.6. The second kappa shape index (κ2) is 7.18. The second-order valence-corrected chi connectivity index (χ2v) is 6.32. The third kappa shape index (κ3) is 3.94. The van der Waals surface area contributed by atoms with E-state index in [9.17, 15) is 9.59 Å². The maximum atomic E-state index is 11.9. The fourth-order valence-corrected chi connectivity index (χ4v) is 2.84. The van der Waals surface area contributed by atoms with Crippen LogP contribution in [0.25, 0.3) is 11.3 Å². The van der Waals surface area contributed by atoms with Crippen LogP contribution in [-0.4, -0.2) is 27.6 Å². The zero-order chi connectivity index (χ0) is 16.9. The number of nitrogens with one attached hydrogen (secondary N) is 2. The van der Waals surface area contributed by atoms with E-state index in [1.165, 1.54) is 12.1 Å². The number of hydrogen-bond acceptors (Lipinski definition) is 5. The van der Waals surface area contributed by atoms with Crippen LogP contribution < -0.4 is 10.9 Å². The fraction of sp³-hybridized carbons (Fsp3) is 0.176. The van der Waals surface area contributed by atoms with E-state index >= 15 is 0 Å². The van der Waals surface area contributed by atoms with Crippen molar-refractivity contribution in [2.24, 2.45) is 0 Å². The van der Waals surface area contributed by atoms with E-state index < -0.39 is 0 Å². The predicted molar refractivity (Wildman–Crippen MR) is 93.2 cm³/mol. The zero-order valence-corrected chi connectivity index (χ0v) is 13.9. The van der Waals surface area contributed by atoms with Crippen LogP contribution in [0.1, 0.15) is 21.1 Å². The van der Waals surface area contributed by atoms with Crippen molar-refractivity contribution < 1.29 is 4.79 Å². The standard InChI is InChI=1S/C17H16N4O2S/c1-11-19-15(10-24-11)13-4-2-12(3-5-13)8-9-18-17(23)14-6-7-16(22)21-20-14/h2-7,10H,8-9H2,1H3,(H,18,23)(H,21,22). The Balaban J connectivity index is 1.54. The molecule has 24 heavy (non-hydrogen) atoms. The highest BCUT2D eigenvalue weighted by Gasteiger charge is 2.07. The van der Waals surface area contributed by atoms with E-state index in [0.29, 0.717) is 13.0 Å². The average molecular weight is 340 g/mol. The Morgan fingerprint density at radius 2 is 2.00 bits per heavy atom. The lowest BCUT2D eigenvalue weighted by Gasteiger charge is -2.05. The molecule has 6 nitrogen and oxygen atoms in total. The third-order valence-corrected chi connectivity index (χ3v) is 4.25. The smallest absolute Gasteiger partial charge is 0.271 e. The maximum Gasteiger partial charge on any atom is 0.271 e. The van der Waals surface area contributed by atoms with Gasteiger partial charge in [-0.1, -0.05) is 24.3 Å². The first-order valence-corrected chi connectivity index (χ1v) is 8.35. The van der Waals surface area contributed by atoms with E-state index in [1.807, 2.05) is 36.6 Å². The molecule has 0 spiro atoms. The van der Waals surface area contributed by atoms with Crippen molar-refractivity contribution >= 4 is 17.2 Å². The van der Waals surface area contributed by atoms with Gasteiger partial charge in [0.15, 0.2) is 0 Å². The Bertz CT molecular complexity index is 879. The first-order valence-electron chi connectivity index (χ1n) is 7.47. The molecular weight excluding hydrogens is 324 g/mol. The van der Waals surface area contributed by atoms with Crippen LogP contribution in [0.5, 0.6) is 0 Å². The minimum atomic E-state index is -0.332. The molecule has 0 aliphatic heterocycles. The number of aromatic amines is 1. The molecule has 0 atom stereocenters. The molecule has 7 heteroatoms. The molecule has 1 amide bonds. The van der Waals surface area contributed by atoms with Gasteiger partial charge in [-0.05, 0) is 25.0 Å². The maximum absolute atomic E-state index is 11.9. The average Bonchev–Trinajstić information content (AvgIpc) is 3.02. The molecule has 0 radical (unpaired) electrons. The number of hydrogen-bond donors (Lipinski definition) is 2. The molecule has 0 saturated carbocycles. The van der Waals surface area contributed by atoms with Gasteiger partial charge >= 0.3 is 0 Å². The summed E-state index contributed by atoms with van der Waals surface area (Å²) >= 11 is 1.63. The summed E-state index contributed by atoms with van der Waals surface area (Å²) in [6, 6.07) is 10.8. The lowest BCUT2D eigenvalue weighted by molar-refractivity contribution is 0.0948. The molecule has 0 saturated heterocycles. The van der Waals surface area contributed by atoms with Crippen LogP contribution in [0.4, 0.5) is 0 Å². The number of nitrogens with zero attached hydrogens (tertiary/aromatic N) is 2. The van der Waals surface area contributed by atoms with Crippen molar-refractivity contribution in [3.63, 3.8) is 0 Å². The van der Waals surface area contributed by atoms with Gasteiger partial charge in [-0.2, -0.15) is 5.10 Å². The number of carbonyl (C=O) groups is 1. The van der Waals surface area contributed by atoms with Gasteiger partial charge in [0.2, 0.25) is 0 Å². The van der Waals surface area contributed by atoms with Crippen molar-refractivity contribution in [3.05, 3.63) is 68.4 Å². The highest BCUT2D eigenvalue weighted by atomic mass is 32.1. The summed E-state index contributed by atoms with van der Waals surface area (Å²) in [5.41, 5.74) is 3.07. The third-order valence-electron chi connectivity index (χ3n) is 3.48. The summed E-state index contributed by atoms with van der Waals surface area (Å²) in [5.74, 6) is -0.305. The molecule has 0 unspecified atom stereocenters. The summed E-state index contributed by atoms with van der Waals surface area (Å²) in [6.45, 7) is 2.48. The van der Waals surface area contributed by atoms with Gasteiger partial charge < -0.3 is 5.32 Å². The number of aryl methyl sites for hydroxylation is 1. The Kier molecular flexibility index (Phi) is 4.81. The summed E-state index contributed by atoms with van der Waals surface area (Å²) in [4.78, 5) is 27.3. The number of rotatable bonds is 5. The van der Waals surface area contributed by atoms with Gasteiger partial charge in [0.25, 0.3) is 11.5 Å². The normalized spacial score (nSPS) is 10.5. The molecule has 0 bridgehead atoms. The van der Waals surface area contributed by atoms with E-state index in [-0.39, 0.29) is 17.2 Å².